The molecule has 0 fully saturated rings. The maximum absolute atomic E-state index is 11.3. The summed E-state index contributed by atoms with van der Waals surface area (Å²) in [6, 6.07) is 8.12. The van der Waals surface area contributed by atoms with Gasteiger partial charge in [0.05, 0.1) is 6.04 Å². The predicted octanol–water partition coefficient (Wildman–Crippen LogP) is 2.75. The third-order valence-electron chi connectivity index (χ3n) is 2.33. The van der Waals surface area contributed by atoms with Crippen LogP contribution in [0.1, 0.15) is 31.0 Å². The molecule has 1 aromatic carbocycles. The lowest BCUT2D eigenvalue weighted by Crippen LogP contribution is -2.25. The molecule has 0 aliphatic carbocycles. The molecule has 0 saturated heterocycles. The van der Waals surface area contributed by atoms with Crippen LogP contribution < -0.4 is 5.32 Å². The second kappa shape index (κ2) is 5.35. The van der Waals surface area contributed by atoms with Gasteiger partial charge in [0.1, 0.15) is 0 Å². The van der Waals surface area contributed by atoms with Crippen molar-refractivity contribution >= 4 is 5.91 Å². The van der Waals surface area contributed by atoms with Crippen molar-refractivity contribution in [3.63, 3.8) is 0 Å². The maximum atomic E-state index is 11.3. The average Bonchev–Trinajstić information content (AvgIpc) is 2.18. The highest BCUT2D eigenvalue weighted by Gasteiger charge is 2.08. The number of carbonyl (C=O) groups excluding carboxylic acids is 1. The van der Waals surface area contributed by atoms with Gasteiger partial charge in [0.25, 0.3) is 0 Å². The number of benzene rings is 1. The van der Waals surface area contributed by atoms with Crippen molar-refractivity contribution in [2.75, 3.05) is 0 Å². The number of carbonyl (C=O) groups is 1. The van der Waals surface area contributed by atoms with Crippen molar-refractivity contribution in [3.05, 3.63) is 47.5 Å². The maximum Gasteiger partial charge on any atom is 0.244 e. The largest absolute Gasteiger partial charge is 0.346 e. The van der Waals surface area contributed by atoms with Crippen LogP contribution >= 0.6 is 0 Å². The molecule has 2 nitrogen and oxygen atoms in total. The van der Waals surface area contributed by atoms with E-state index < -0.39 is 0 Å². The molecule has 1 rings (SSSR count). The number of allylic oxidation sites excluding steroid dienone is 1. The molecule has 15 heavy (non-hydrogen) atoms. The van der Waals surface area contributed by atoms with Crippen LogP contribution in [0.3, 0.4) is 0 Å². The molecule has 0 saturated carbocycles. The normalized spacial score (nSPS) is 12.7. The highest BCUT2D eigenvalue weighted by atomic mass is 16.1. The molecular formula is C13H17NO. The summed E-state index contributed by atoms with van der Waals surface area (Å²) in [5, 5.41) is 2.91. The standard InChI is InChI=1S/C13H17NO/c1-4-7-13(15)14-11(3)12-9-6-5-8-10(12)2/h4-9,11H,1-3H3,(H,14,15). The number of amides is 1. The summed E-state index contributed by atoms with van der Waals surface area (Å²) in [6.07, 6.45) is 3.27. The van der Waals surface area contributed by atoms with Crippen LogP contribution in [-0.2, 0) is 4.79 Å². The molecule has 1 N–H and O–H groups in total. The molecule has 2 heteroatoms. The zero-order valence-electron chi connectivity index (χ0n) is 9.45. The van der Waals surface area contributed by atoms with Gasteiger partial charge in [-0.1, -0.05) is 30.3 Å². The molecule has 0 spiro atoms. The Morgan fingerprint density at radius 3 is 2.67 bits per heavy atom. The molecule has 1 unspecified atom stereocenters. The van der Waals surface area contributed by atoms with Gasteiger partial charge in [-0.2, -0.15) is 0 Å². The molecule has 1 atom stereocenters. The van der Waals surface area contributed by atoms with E-state index in [2.05, 4.69) is 5.32 Å². The summed E-state index contributed by atoms with van der Waals surface area (Å²) in [4.78, 5) is 11.3. The molecule has 1 aromatic rings. The molecule has 0 aliphatic heterocycles. The first-order valence-electron chi connectivity index (χ1n) is 5.14. The third kappa shape index (κ3) is 3.24. The van der Waals surface area contributed by atoms with Gasteiger partial charge in [0.15, 0.2) is 0 Å². The Morgan fingerprint density at radius 2 is 2.07 bits per heavy atom. The SMILES string of the molecule is CC=CC(=O)NC(C)c1ccccc1C. The van der Waals surface area contributed by atoms with Gasteiger partial charge in [0, 0.05) is 0 Å². The number of nitrogens with one attached hydrogen (secondary N) is 1. The van der Waals surface area contributed by atoms with E-state index in [1.807, 2.05) is 45.0 Å². The lowest BCUT2D eigenvalue weighted by atomic mass is 10.0. The van der Waals surface area contributed by atoms with E-state index in [-0.39, 0.29) is 11.9 Å². The second-order valence-corrected chi connectivity index (χ2v) is 3.59. The minimum Gasteiger partial charge on any atom is -0.346 e. The Kier molecular flexibility index (Phi) is 4.10. The monoisotopic (exact) mass is 203 g/mol. The zero-order valence-corrected chi connectivity index (χ0v) is 9.45. The van der Waals surface area contributed by atoms with Crippen LogP contribution in [0.2, 0.25) is 0 Å². The first-order valence-corrected chi connectivity index (χ1v) is 5.14. The van der Waals surface area contributed by atoms with Crippen LogP contribution in [0.15, 0.2) is 36.4 Å². The Bertz CT molecular complexity index is 369. The van der Waals surface area contributed by atoms with Crippen molar-refractivity contribution < 1.29 is 4.79 Å². The predicted molar refractivity (Wildman–Crippen MR) is 62.6 cm³/mol. The third-order valence-corrected chi connectivity index (χ3v) is 2.33. The average molecular weight is 203 g/mol. The van der Waals surface area contributed by atoms with Crippen molar-refractivity contribution in [2.45, 2.75) is 26.8 Å². The first-order chi connectivity index (χ1) is 7.15. The number of rotatable bonds is 3. The quantitative estimate of drug-likeness (QED) is 0.752. The molecule has 0 heterocycles. The van der Waals surface area contributed by atoms with E-state index in [9.17, 15) is 4.79 Å². The van der Waals surface area contributed by atoms with Gasteiger partial charge in [-0.15, -0.1) is 0 Å². The highest BCUT2D eigenvalue weighted by Crippen LogP contribution is 2.16. The van der Waals surface area contributed by atoms with Crippen molar-refractivity contribution in [1.82, 2.24) is 5.32 Å². The van der Waals surface area contributed by atoms with Crippen LogP contribution in [0.25, 0.3) is 0 Å². The van der Waals surface area contributed by atoms with E-state index in [0.717, 1.165) is 5.56 Å². The van der Waals surface area contributed by atoms with E-state index >= 15 is 0 Å². The van der Waals surface area contributed by atoms with Crippen molar-refractivity contribution in [3.8, 4) is 0 Å². The molecular weight excluding hydrogens is 186 g/mol. The molecule has 0 aliphatic rings. The lowest BCUT2D eigenvalue weighted by Gasteiger charge is -2.15. The smallest absolute Gasteiger partial charge is 0.244 e. The first kappa shape index (κ1) is 11.5. The van der Waals surface area contributed by atoms with Crippen LogP contribution in [-0.4, -0.2) is 5.91 Å². The minimum absolute atomic E-state index is 0.0479. The molecule has 0 aromatic heterocycles. The Balaban J connectivity index is 2.73. The van der Waals surface area contributed by atoms with Gasteiger partial charge in [-0.05, 0) is 38.0 Å². The van der Waals surface area contributed by atoms with E-state index in [1.54, 1.807) is 6.08 Å². The van der Waals surface area contributed by atoms with Gasteiger partial charge in [-0.25, -0.2) is 0 Å². The fourth-order valence-electron chi connectivity index (χ4n) is 1.56. The summed E-state index contributed by atoms with van der Waals surface area (Å²) in [6.45, 7) is 5.87. The summed E-state index contributed by atoms with van der Waals surface area (Å²) in [5.41, 5.74) is 2.36. The lowest BCUT2D eigenvalue weighted by molar-refractivity contribution is -0.117. The topological polar surface area (TPSA) is 29.1 Å². The molecule has 0 radical (unpaired) electrons. The summed E-state index contributed by atoms with van der Waals surface area (Å²) in [5.74, 6) is -0.0479. The molecule has 0 bridgehead atoms. The minimum atomic E-state index is -0.0479. The van der Waals surface area contributed by atoms with Crippen LogP contribution in [0.5, 0.6) is 0 Å². The zero-order chi connectivity index (χ0) is 11.3. The summed E-state index contributed by atoms with van der Waals surface area (Å²) < 4.78 is 0. The fourth-order valence-corrected chi connectivity index (χ4v) is 1.56. The van der Waals surface area contributed by atoms with Crippen molar-refractivity contribution in [1.29, 1.82) is 0 Å². The Labute approximate surface area is 91.0 Å². The van der Waals surface area contributed by atoms with Crippen molar-refractivity contribution in [2.24, 2.45) is 0 Å². The molecule has 1 amide bonds. The second-order valence-electron chi connectivity index (χ2n) is 3.59. The van der Waals surface area contributed by atoms with E-state index in [1.165, 1.54) is 11.6 Å². The summed E-state index contributed by atoms with van der Waals surface area (Å²) in [7, 11) is 0. The van der Waals surface area contributed by atoms with Gasteiger partial charge < -0.3 is 5.32 Å². The molecule has 80 valence electrons. The van der Waals surface area contributed by atoms with E-state index in [0.29, 0.717) is 0 Å². The number of hydrogen-bond acceptors (Lipinski definition) is 1. The van der Waals surface area contributed by atoms with Crippen LogP contribution in [0, 0.1) is 6.92 Å². The number of hydrogen-bond donors (Lipinski definition) is 1. The van der Waals surface area contributed by atoms with Gasteiger partial charge in [-0.3, -0.25) is 4.79 Å². The summed E-state index contributed by atoms with van der Waals surface area (Å²) >= 11 is 0. The van der Waals surface area contributed by atoms with Crippen LogP contribution in [0.4, 0.5) is 0 Å². The Hall–Kier alpha value is -1.57. The van der Waals surface area contributed by atoms with Gasteiger partial charge in [0.2, 0.25) is 5.91 Å². The highest BCUT2D eigenvalue weighted by molar-refractivity contribution is 5.87. The van der Waals surface area contributed by atoms with Gasteiger partial charge >= 0.3 is 0 Å². The van der Waals surface area contributed by atoms with E-state index in [4.69, 9.17) is 0 Å². The Morgan fingerprint density at radius 1 is 1.40 bits per heavy atom. The fraction of sp³-hybridized carbons (Fsp3) is 0.308. The number of aryl methyl sites for hydroxylation is 1.